The Morgan fingerprint density at radius 3 is 0.846 bits per heavy atom. The maximum atomic E-state index is 12.6. The lowest BCUT2D eigenvalue weighted by molar-refractivity contribution is -0.143. The quantitative estimate of drug-likeness (QED) is 0.0320. The highest BCUT2D eigenvalue weighted by molar-refractivity contribution is 5.76. The smallest absolute Gasteiger partial charge is 0.305 e. The van der Waals surface area contributed by atoms with Crippen LogP contribution in [-0.4, -0.2) is 47.4 Å². The van der Waals surface area contributed by atoms with Gasteiger partial charge in [0, 0.05) is 12.8 Å². The zero-order valence-corrected chi connectivity index (χ0v) is 62.1. The number of aliphatic hydroxyl groups excluding tert-OH is 2. The number of allylic oxidation sites excluding steroid dienone is 4. The van der Waals surface area contributed by atoms with Gasteiger partial charge in [0.2, 0.25) is 5.91 Å². The fraction of sp³-hybridized carbons (Fsp3) is 0.929. The van der Waals surface area contributed by atoms with E-state index < -0.39 is 12.1 Å². The van der Waals surface area contributed by atoms with E-state index in [2.05, 4.69) is 43.5 Å². The third kappa shape index (κ3) is 77.2. The lowest BCUT2D eigenvalue weighted by Crippen LogP contribution is -2.45. The van der Waals surface area contributed by atoms with Crippen molar-refractivity contribution in [3.05, 3.63) is 24.3 Å². The predicted molar refractivity (Wildman–Crippen MR) is 403 cm³/mol. The highest BCUT2D eigenvalue weighted by atomic mass is 16.5. The van der Waals surface area contributed by atoms with Gasteiger partial charge in [0.15, 0.2) is 0 Å². The predicted octanol–water partition coefficient (Wildman–Crippen LogP) is 28.0. The summed E-state index contributed by atoms with van der Waals surface area (Å²) < 4.78 is 5.51. The Balaban J connectivity index is 3.30. The van der Waals surface area contributed by atoms with Crippen molar-refractivity contribution in [1.29, 1.82) is 0 Å². The fourth-order valence-electron chi connectivity index (χ4n) is 13.6. The average Bonchev–Trinajstić information content (AvgIpc) is 3.65. The second-order valence-electron chi connectivity index (χ2n) is 29.2. The monoisotopic (exact) mass is 1280 g/mol. The van der Waals surface area contributed by atoms with Gasteiger partial charge in [0.05, 0.1) is 25.4 Å². The Labute approximate surface area is 571 Å². The number of carbonyl (C=O) groups excluding carboxylic acids is 2. The minimum Gasteiger partial charge on any atom is -0.466 e. The summed E-state index contributed by atoms with van der Waals surface area (Å²) in [6, 6.07) is -0.537. The van der Waals surface area contributed by atoms with Crippen LogP contribution in [0.1, 0.15) is 483 Å². The number of unbranched alkanes of at least 4 members (excludes halogenated alkanes) is 65. The van der Waals surface area contributed by atoms with E-state index >= 15 is 0 Å². The van der Waals surface area contributed by atoms with Crippen molar-refractivity contribution >= 4 is 11.9 Å². The minimum atomic E-state index is -0.661. The molecule has 0 aliphatic carbocycles. The van der Waals surface area contributed by atoms with Gasteiger partial charge in [0.1, 0.15) is 0 Å². The molecule has 3 N–H and O–H groups in total. The van der Waals surface area contributed by atoms with E-state index in [-0.39, 0.29) is 18.5 Å². The van der Waals surface area contributed by atoms with Crippen LogP contribution in [0.4, 0.5) is 0 Å². The van der Waals surface area contributed by atoms with Gasteiger partial charge in [-0.25, -0.2) is 0 Å². The van der Waals surface area contributed by atoms with E-state index in [9.17, 15) is 19.8 Å². The molecule has 6 nitrogen and oxygen atoms in total. The van der Waals surface area contributed by atoms with Crippen LogP contribution in [0.2, 0.25) is 0 Å². The van der Waals surface area contributed by atoms with Crippen LogP contribution in [-0.2, 0) is 14.3 Å². The number of carbonyl (C=O) groups is 2. The van der Waals surface area contributed by atoms with E-state index in [1.807, 2.05) is 0 Å². The van der Waals surface area contributed by atoms with Crippen LogP contribution in [0.5, 0.6) is 0 Å². The molecule has 0 radical (unpaired) electrons. The van der Waals surface area contributed by atoms with Crippen LogP contribution in [0.3, 0.4) is 0 Å². The van der Waals surface area contributed by atoms with Gasteiger partial charge in [-0.05, 0) is 57.8 Å². The molecule has 0 bridgehead atoms. The molecule has 0 aliphatic rings. The molecule has 0 aromatic heterocycles. The molecule has 0 saturated heterocycles. The van der Waals surface area contributed by atoms with E-state index in [0.29, 0.717) is 25.9 Å². The van der Waals surface area contributed by atoms with Crippen molar-refractivity contribution in [2.24, 2.45) is 0 Å². The van der Waals surface area contributed by atoms with E-state index in [4.69, 9.17) is 4.74 Å². The van der Waals surface area contributed by atoms with E-state index in [0.717, 1.165) is 51.4 Å². The number of amides is 1. The summed E-state index contributed by atoms with van der Waals surface area (Å²) in [4.78, 5) is 24.7. The summed E-state index contributed by atoms with van der Waals surface area (Å²) in [7, 11) is 0. The molecular formula is C85H165NO5. The summed E-state index contributed by atoms with van der Waals surface area (Å²) in [6.07, 6.45) is 104. The van der Waals surface area contributed by atoms with Crippen LogP contribution < -0.4 is 5.32 Å². The number of hydrogen-bond donors (Lipinski definition) is 3. The number of hydrogen-bond acceptors (Lipinski definition) is 5. The Morgan fingerprint density at radius 1 is 0.308 bits per heavy atom. The molecule has 0 heterocycles. The molecule has 0 spiro atoms. The molecule has 91 heavy (non-hydrogen) atoms. The normalized spacial score (nSPS) is 12.5. The van der Waals surface area contributed by atoms with Gasteiger partial charge >= 0.3 is 5.97 Å². The van der Waals surface area contributed by atoms with Crippen LogP contribution in [0, 0.1) is 0 Å². The van der Waals surface area contributed by atoms with Crippen molar-refractivity contribution in [3.63, 3.8) is 0 Å². The van der Waals surface area contributed by atoms with Crippen molar-refractivity contribution in [2.45, 2.75) is 495 Å². The molecular weight excluding hydrogens is 1110 g/mol. The first-order valence-corrected chi connectivity index (χ1v) is 42.1. The summed E-state index contributed by atoms with van der Waals surface area (Å²) in [5.41, 5.74) is 0. The van der Waals surface area contributed by atoms with Crippen LogP contribution >= 0.6 is 0 Å². The summed E-state index contributed by atoms with van der Waals surface area (Å²) in [6.45, 7) is 4.99. The number of rotatable bonds is 80. The molecule has 6 heteroatoms. The van der Waals surface area contributed by atoms with Gasteiger partial charge in [-0.15, -0.1) is 0 Å². The van der Waals surface area contributed by atoms with Crippen molar-refractivity contribution in [2.75, 3.05) is 13.2 Å². The first kappa shape index (κ1) is 89.3. The molecule has 1 amide bonds. The Kier molecular flexibility index (Phi) is 79.3. The third-order valence-corrected chi connectivity index (χ3v) is 20.0. The number of ether oxygens (including phenoxy) is 1. The lowest BCUT2D eigenvalue weighted by Gasteiger charge is -2.22. The van der Waals surface area contributed by atoms with Gasteiger partial charge in [0.25, 0.3) is 0 Å². The molecule has 0 fully saturated rings. The highest BCUT2D eigenvalue weighted by Crippen LogP contribution is 2.21. The molecule has 0 rings (SSSR count). The Morgan fingerprint density at radius 2 is 0.549 bits per heavy atom. The van der Waals surface area contributed by atoms with Crippen molar-refractivity contribution in [3.8, 4) is 0 Å². The zero-order valence-electron chi connectivity index (χ0n) is 62.1. The average molecular weight is 1280 g/mol. The number of nitrogens with one attached hydrogen (secondary N) is 1. The van der Waals surface area contributed by atoms with Crippen LogP contribution in [0.25, 0.3) is 0 Å². The van der Waals surface area contributed by atoms with Gasteiger partial charge < -0.3 is 20.3 Å². The molecule has 0 aromatic carbocycles. The minimum absolute atomic E-state index is 0.0171. The second kappa shape index (κ2) is 80.8. The van der Waals surface area contributed by atoms with E-state index in [1.165, 1.54) is 398 Å². The summed E-state index contributed by atoms with van der Waals surface area (Å²) >= 11 is 0. The Hall–Kier alpha value is -1.66. The van der Waals surface area contributed by atoms with Gasteiger partial charge in [-0.3, -0.25) is 9.59 Å². The topological polar surface area (TPSA) is 95.9 Å². The number of aliphatic hydroxyl groups is 2. The van der Waals surface area contributed by atoms with Gasteiger partial charge in [-0.2, -0.15) is 0 Å². The standard InChI is InChI=1S/C85H165NO5/c1-3-5-7-9-11-13-15-17-19-21-42-45-49-53-57-61-65-69-73-77-83(88)82(81-87)86-84(89)78-74-70-66-62-58-54-50-46-43-40-38-36-34-32-30-28-26-24-23-25-27-29-31-33-35-37-39-41-44-48-52-56-60-64-68-72-76-80-91-85(90)79-75-71-67-63-59-55-51-47-22-20-18-16-14-12-10-8-6-4-2/h14,16,20,22,82-83,87-88H,3-13,15,17-19,21,23-81H2,1-2H3,(H,86,89)/b16-14-,22-20-. The largest absolute Gasteiger partial charge is 0.466 e. The third-order valence-electron chi connectivity index (χ3n) is 20.0. The molecule has 0 saturated carbocycles. The SMILES string of the molecule is CCCCCC/C=C\C/C=C\CCCCCCCCCC(=O)OCCCCCCCCCCCCCCCCCCCCCCCCCCCCCCCCCCCCCCCC(=O)NC(CO)C(O)CCCCCCCCCCCCCCCCCCCCC. The fourth-order valence-corrected chi connectivity index (χ4v) is 13.6. The van der Waals surface area contributed by atoms with E-state index in [1.54, 1.807) is 0 Å². The molecule has 0 aliphatic heterocycles. The second-order valence-corrected chi connectivity index (χ2v) is 29.2. The maximum Gasteiger partial charge on any atom is 0.305 e. The molecule has 540 valence electrons. The maximum absolute atomic E-state index is 12.6. The lowest BCUT2D eigenvalue weighted by atomic mass is 10.0. The molecule has 2 unspecified atom stereocenters. The first-order chi connectivity index (χ1) is 45.0. The first-order valence-electron chi connectivity index (χ1n) is 42.1. The Bertz CT molecular complexity index is 1430. The molecule has 2 atom stereocenters. The highest BCUT2D eigenvalue weighted by Gasteiger charge is 2.20. The van der Waals surface area contributed by atoms with Crippen molar-refractivity contribution in [1.82, 2.24) is 5.32 Å². The van der Waals surface area contributed by atoms with Crippen molar-refractivity contribution < 1.29 is 24.5 Å². The number of esters is 1. The zero-order chi connectivity index (χ0) is 65.6. The van der Waals surface area contributed by atoms with Gasteiger partial charge in [-0.1, -0.05) is 436 Å². The summed E-state index contributed by atoms with van der Waals surface area (Å²) in [5, 5.41) is 23.4. The van der Waals surface area contributed by atoms with Crippen LogP contribution in [0.15, 0.2) is 24.3 Å². The summed E-state index contributed by atoms with van der Waals surface area (Å²) in [5.74, 6) is -0.00693. The molecule has 0 aromatic rings.